The van der Waals surface area contributed by atoms with Crippen LogP contribution in [0.15, 0.2) is 0 Å². The molecule has 2 nitrogen and oxygen atoms in total. The predicted molar refractivity (Wildman–Crippen MR) is 54.0 cm³/mol. The van der Waals surface area contributed by atoms with Gasteiger partial charge in [0.15, 0.2) is 0 Å². The molecule has 0 aromatic rings. The molecule has 0 bridgehead atoms. The minimum atomic E-state index is 0.0201. The Morgan fingerprint density at radius 3 is 3.00 bits per heavy atom. The summed E-state index contributed by atoms with van der Waals surface area (Å²) in [6.07, 6.45) is 1.98. The van der Waals surface area contributed by atoms with E-state index in [0.29, 0.717) is 9.84 Å². The van der Waals surface area contributed by atoms with Gasteiger partial charge in [-0.25, -0.2) is 0 Å². The van der Waals surface area contributed by atoms with E-state index >= 15 is 0 Å². The molecular weight excluding hydrogens is 265 g/mol. The van der Waals surface area contributed by atoms with Crippen LogP contribution in [0.25, 0.3) is 0 Å². The minimum Gasteiger partial charge on any atom is -0.374 e. The zero-order valence-electron chi connectivity index (χ0n) is 7.09. The van der Waals surface area contributed by atoms with Crippen molar-refractivity contribution in [2.24, 2.45) is 11.8 Å². The van der Waals surface area contributed by atoms with Gasteiger partial charge in [0.2, 0.25) is 0 Å². The molecule has 0 aromatic heterocycles. The van der Waals surface area contributed by atoms with Crippen molar-refractivity contribution in [2.45, 2.75) is 29.3 Å². The average Bonchev–Trinajstić information content (AvgIpc) is 2.50. The molecule has 4 atom stereocenters. The van der Waals surface area contributed by atoms with E-state index in [1.807, 2.05) is 0 Å². The van der Waals surface area contributed by atoms with Gasteiger partial charge in [-0.05, 0) is 19.8 Å². The molecule has 0 radical (unpaired) electrons. The van der Waals surface area contributed by atoms with Crippen molar-refractivity contribution < 1.29 is 4.74 Å². The molecule has 0 amide bonds. The normalized spacial score (nSPS) is 51.9. The maximum atomic E-state index is 8.81. The zero-order valence-corrected chi connectivity index (χ0v) is 9.24. The van der Waals surface area contributed by atoms with E-state index < -0.39 is 0 Å². The number of halogens is 1. The van der Waals surface area contributed by atoms with Gasteiger partial charge in [-0.15, -0.1) is 0 Å². The monoisotopic (exact) mass is 277 g/mol. The summed E-state index contributed by atoms with van der Waals surface area (Å²) in [5, 5.41) is 8.81. The molecule has 2 fully saturated rings. The Kier molecular flexibility index (Phi) is 2.08. The van der Waals surface area contributed by atoms with E-state index in [9.17, 15) is 0 Å². The van der Waals surface area contributed by atoms with E-state index in [-0.39, 0.29) is 11.5 Å². The van der Waals surface area contributed by atoms with Gasteiger partial charge in [0.25, 0.3) is 0 Å². The first-order chi connectivity index (χ1) is 5.65. The third kappa shape index (κ3) is 1.16. The molecule has 12 heavy (non-hydrogen) atoms. The zero-order chi connectivity index (χ0) is 8.77. The van der Waals surface area contributed by atoms with Crippen LogP contribution < -0.4 is 0 Å². The van der Waals surface area contributed by atoms with Crippen molar-refractivity contribution in [1.29, 1.82) is 5.26 Å². The fraction of sp³-hybridized carbons (Fsp3) is 0.889. The molecule has 66 valence electrons. The molecule has 1 aliphatic heterocycles. The highest BCUT2D eigenvalue weighted by molar-refractivity contribution is 14.1. The summed E-state index contributed by atoms with van der Waals surface area (Å²) < 4.78 is 6.37. The summed E-state index contributed by atoms with van der Waals surface area (Å²) in [6, 6.07) is 2.35. The number of nitriles is 1. The van der Waals surface area contributed by atoms with Gasteiger partial charge in [0.05, 0.1) is 18.3 Å². The fourth-order valence-corrected chi connectivity index (χ4v) is 3.69. The maximum absolute atomic E-state index is 8.81. The van der Waals surface area contributed by atoms with Gasteiger partial charge in [-0.1, -0.05) is 22.6 Å². The number of alkyl halides is 1. The SMILES string of the molecule is CC12CC(C#N)CC1[C@H](I)CO2. The highest BCUT2D eigenvalue weighted by atomic mass is 127. The first-order valence-corrected chi connectivity index (χ1v) is 5.58. The molecule has 1 saturated heterocycles. The van der Waals surface area contributed by atoms with Crippen LogP contribution in [0.2, 0.25) is 0 Å². The highest BCUT2D eigenvalue weighted by Gasteiger charge is 2.52. The summed E-state index contributed by atoms with van der Waals surface area (Å²) >= 11 is 2.45. The highest BCUT2D eigenvalue weighted by Crippen LogP contribution is 2.49. The molecule has 2 rings (SSSR count). The first-order valence-electron chi connectivity index (χ1n) is 4.33. The van der Waals surface area contributed by atoms with Crippen LogP contribution in [0.3, 0.4) is 0 Å². The Morgan fingerprint density at radius 2 is 2.42 bits per heavy atom. The standard InChI is InChI=1S/C9H12INO/c1-9-3-6(4-11)2-7(9)8(10)5-12-9/h6-8H,2-3,5H2,1H3/t6?,7?,8-,9?/m1/s1. The number of nitrogens with zero attached hydrogens (tertiary/aromatic N) is 1. The van der Waals surface area contributed by atoms with Gasteiger partial charge in [0, 0.05) is 15.8 Å². The minimum absolute atomic E-state index is 0.0201. The molecule has 1 aliphatic carbocycles. The summed E-state index contributed by atoms with van der Waals surface area (Å²) in [7, 11) is 0. The van der Waals surface area contributed by atoms with Gasteiger partial charge < -0.3 is 4.74 Å². The lowest BCUT2D eigenvalue weighted by atomic mass is 9.93. The topological polar surface area (TPSA) is 33.0 Å². The van der Waals surface area contributed by atoms with Crippen LogP contribution >= 0.6 is 22.6 Å². The maximum Gasteiger partial charge on any atom is 0.0706 e. The van der Waals surface area contributed by atoms with E-state index in [2.05, 4.69) is 35.6 Å². The molecule has 0 aromatic carbocycles. The fourth-order valence-electron chi connectivity index (χ4n) is 2.46. The third-order valence-electron chi connectivity index (χ3n) is 3.17. The van der Waals surface area contributed by atoms with E-state index in [1.54, 1.807) is 0 Å². The Labute approximate surface area is 86.4 Å². The van der Waals surface area contributed by atoms with Crippen molar-refractivity contribution in [1.82, 2.24) is 0 Å². The summed E-state index contributed by atoms with van der Waals surface area (Å²) in [6.45, 7) is 3.04. The molecule has 0 N–H and O–H groups in total. The van der Waals surface area contributed by atoms with Crippen LogP contribution in [0.5, 0.6) is 0 Å². The number of fused-ring (bicyclic) bond motifs is 1. The second-order valence-electron chi connectivity index (χ2n) is 4.01. The number of ether oxygens (including phenoxy) is 1. The molecule has 2 aliphatic rings. The quantitative estimate of drug-likeness (QED) is 0.502. The molecule has 3 unspecified atom stereocenters. The van der Waals surface area contributed by atoms with Crippen molar-refractivity contribution in [2.75, 3.05) is 6.61 Å². The van der Waals surface area contributed by atoms with Crippen molar-refractivity contribution in [3.05, 3.63) is 0 Å². The Hall–Kier alpha value is 0.180. The van der Waals surface area contributed by atoms with Crippen LogP contribution in [0.4, 0.5) is 0 Å². The van der Waals surface area contributed by atoms with Gasteiger partial charge in [-0.2, -0.15) is 5.26 Å². The van der Waals surface area contributed by atoms with Crippen LogP contribution in [-0.4, -0.2) is 16.1 Å². The lowest BCUT2D eigenvalue weighted by Gasteiger charge is -2.22. The largest absolute Gasteiger partial charge is 0.374 e. The number of hydrogen-bond acceptors (Lipinski definition) is 2. The molecular formula is C9H12INO. The molecule has 3 heteroatoms. The van der Waals surface area contributed by atoms with Gasteiger partial charge >= 0.3 is 0 Å². The lowest BCUT2D eigenvalue weighted by molar-refractivity contribution is 0.00664. The summed E-state index contributed by atoms with van der Waals surface area (Å²) in [5.41, 5.74) is 0.0201. The lowest BCUT2D eigenvalue weighted by Crippen LogP contribution is -2.27. The third-order valence-corrected chi connectivity index (χ3v) is 4.39. The van der Waals surface area contributed by atoms with Crippen LogP contribution in [0, 0.1) is 23.2 Å². The Morgan fingerprint density at radius 1 is 1.67 bits per heavy atom. The molecule has 0 spiro atoms. The smallest absolute Gasteiger partial charge is 0.0706 e. The van der Waals surface area contributed by atoms with E-state index in [0.717, 1.165) is 19.4 Å². The van der Waals surface area contributed by atoms with Gasteiger partial charge in [-0.3, -0.25) is 0 Å². The van der Waals surface area contributed by atoms with E-state index in [1.165, 1.54) is 0 Å². The van der Waals surface area contributed by atoms with Crippen LogP contribution in [0.1, 0.15) is 19.8 Å². The van der Waals surface area contributed by atoms with Crippen molar-refractivity contribution in [3.63, 3.8) is 0 Å². The van der Waals surface area contributed by atoms with Crippen LogP contribution in [-0.2, 0) is 4.74 Å². The van der Waals surface area contributed by atoms with E-state index in [4.69, 9.17) is 10.00 Å². The van der Waals surface area contributed by atoms with Crippen molar-refractivity contribution in [3.8, 4) is 6.07 Å². The summed E-state index contributed by atoms with van der Waals surface area (Å²) in [4.78, 5) is 0. The molecule has 1 heterocycles. The van der Waals surface area contributed by atoms with Crippen molar-refractivity contribution >= 4 is 22.6 Å². The number of rotatable bonds is 0. The Balaban J connectivity index is 2.17. The van der Waals surface area contributed by atoms with Gasteiger partial charge in [0.1, 0.15) is 0 Å². The summed E-state index contributed by atoms with van der Waals surface area (Å²) in [5.74, 6) is 0.848. The Bertz CT molecular complexity index is 237. The second-order valence-corrected chi connectivity index (χ2v) is 5.61. The second kappa shape index (κ2) is 2.85. The predicted octanol–water partition coefficient (Wildman–Crippen LogP) is 2.13. The molecule has 1 saturated carbocycles. The average molecular weight is 277 g/mol. The number of hydrogen-bond donors (Lipinski definition) is 0. The first kappa shape index (κ1) is 8.76.